The smallest absolute Gasteiger partial charge is 0.0746 e. The van der Waals surface area contributed by atoms with Gasteiger partial charge in [0, 0.05) is 32.2 Å². The van der Waals surface area contributed by atoms with Crippen LogP contribution in [0.4, 0.5) is 0 Å². The standard InChI is InChI=1S/C18H30N2O/c1-15(2)11-18(3,21)14-19-17-9-10-20(13-17)12-16-7-5-4-6-8-16/h4-8,15,17,19,21H,9-14H2,1-3H3. The number of rotatable bonds is 7. The molecular formula is C18H30N2O. The van der Waals surface area contributed by atoms with Gasteiger partial charge in [0.05, 0.1) is 5.60 Å². The molecule has 3 nitrogen and oxygen atoms in total. The van der Waals surface area contributed by atoms with Gasteiger partial charge < -0.3 is 10.4 Å². The fraction of sp³-hybridized carbons (Fsp3) is 0.667. The average molecular weight is 290 g/mol. The first-order chi connectivity index (χ1) is 9.94. The second-order valence-corrected chi connectivity index (χ2v) is 7.18. The van der Waals surface area contributed by atoms with Crippen LogP contribution in [0.3, 0.4) is 0 Å². The zero-order valence-corrected chi connectivity index (χ0v) is 13.7. The van der Waals surface area contributed by atoms with Crippen molar-refractivity contribution in [3.63, 3.8) is 0 Å². The molecule has 0 saturated carbocycles. The van der Waals surface area contributed by atoms with Gasteiger partial charge in [0.25, 0.3) is 0 Å². The Balaban J connectivity index is 1.73. The van der Waals surface area contributed by atoms with Crippen molar-refractivity contribution in [2.24, 2.45) is 5.92 Å². The van der Waals surface area contributed by atoms with Crippen LogP contribution < -0.4 is 5.32 Å². The van der Waals surface area contributed by atoms with Gasteiger partial charge in [-0.1, -0.05) is 44.2 Å². The lowest BCUT2D eigenvalue weighted by atomic mass is 9.94. The largest absolute Gasteiger partial charge is 0.389 e. The van der Waals surface area contributed by atoms with Crippen molar-refractivity contribution in [2.45, 2.75) is 51.8 Å². The molecule has 0 aliphatic carbocycles. The normalized spacial score (nSPS) is 22.6. The van der Waals surface area contributed by atoms with Gasteiger partial charge in [-0.05, 0) is 31.2 Å². The van der Waals surface area contributed by atoms with Crippen LogP contribution in [0.15, 0.2) is 30.3 Å². The first kappa shape index (κ1) is 16.5. The van der Waals surface area contributed by atoms with Gasteiger partial charge in [0.2, 0.25) is 0 Å². The van der Waals surface area contributed by atoms with Crippen LogP contribution in [-0.2, 0) is 6.54 Å². The first-order valence-electron chi connectivity index (χ1n) is 8.17. The highest BCUT2D eigenvalue weighted by Crippen LogP contribution is 2.17. The minimum Gasteiger partial charge on any atom is -0.389 e. The van der Waals surface area contributed by atoms with E-state index >= 15 is 0 Å². The monoisotopic (exact) mass is 290 g/mol. The molecule has 1 aromatic carbocycles. The summed E-state index contributed by atoms with van der Waals surface area (Å²) in [5.74, 6) is 0.528. The third-order valence-corrected chi connectivity index (χ3v) is 4.14. The van der Waals surface area contributed by atoms with E-state index < -0.39 is 5.60 Å². The van der Waals surface area contributed by atoms with Gasteiger partial charge in [0.1, 0.15) is 0 Å². The van der Waals surface area contributed by atoms with Crippen LogP contribution in [0, 0.1) is 5.92 Å². The Labute approximate surface area is 129 Å². The number of likely N-dealkylation sites (tertiary alicyclic amines) is 1. The van der Waals surface area contributed by atoms with Crippen LogP contribution >= 0.6 is 0 Å². The molecule has 1 heterocycles. The van der Waals surface area contributed by atoms with E-state index in [4.69, 9.17) is 0 Å². The van der Waals surface area contributed by atoms with Gasteiger partial charge in [-0.25, -0.2) is 0 Å². The molecular weight excluding hydrogens is 260 g/mol. The molecule has 0 aromatic heterocycles. The molecule has 1 aliphatic heterocycles. The Hall–Kier alpha value is -0.900. The number of aliphatic hydroxyl groups is 1. The number of hydrogen-bond donors (Lipinski definition) is 2. The summed E-state index contributed by atoms with van der Waals surface area (Å²) >= 11 is 0. The predicted octanol–water partition coefficient (Wildman–Crippen LogP) is 2.65. The Kier molecular flexibility index (Phi) is 5.80. The van der Waals surface area contributed by atoms with Crippen molar-refractivity contribution in [3.05, 3.63) is 35.9 Å². The SMILES string of the molecule is CC(C)CC(C)(O)CNC1CCN(Cc2ccccc2)C1. The summed E-state index contributed by atoms with van der Waals surface area (Å²) < 4.78 is 0. The van der Waals surface area contributed by atoms with E-state index in [9.17, 15) is 5.11 Å². The van der Waals surface area contributed by atoms with E-state index in [1.54, 1.807) is 0 Å². The van der Waals surface area contributed by atoms with Crippen molar-refractivity contribution >= 4 is 0 Å². The van der Waals surface area contributed by atoms with E-state index in [1.165, 1.54) is 12.0 Å². The third-order valence-electron chi connectivity index (χ3n) is 4.14. The quantitative estimate of drug-likeness (QED) is 0.810. The number of benzene rings is 1. The van der Waals surface area contributed by atoms with Gasteiger partial charge in [-0.15, -0.1) is 0 Å². The maximum absolute atomic E-state index is 10.4. The minimum absolute atomic E-state index is 0.507. The van der Waals surface area contributed by atoms with Crippen molar-refractivity contribution in [1.82, 2.24) is 10.2 Å². The number of nitrogens with zero attached hydrogens (tertiary/aromatic N) is 1. The predicted molar refractivity (Wildman–Crippen MR) is 88.2 cm³/mol. The molecule has 0 bridgehead atoms. The van der Waals surface area contributed by atoms with Crippen molar-refractivity contribution in [2.75, 3.05) is 19.6 Å². The van der Waals surface area contributed by atoms with Crippen LogP contribution in [0.5, 0.6) is 0 Å². The zero-order valence-electron chi connectivity index (χ0n) is 13.7. The van der Waals surface area contributed by atoms with Crippen molar-refractivity contribution in [3.8, 4) is 0 Å². The molecule has 2 unspecified atom stereocenters. The van der Waals surface area contributed by atoms with Gasteiger partial charge in [-0.2, -0.15) is 0 Å². The molecule has 1 aliphatic rings. The molecule has 0 amide bonds. The highest BCUT2D eigenvalue weighted by atomic mass is 16.3. The Morgan fingerprint density at radius 2 is 2.05 bits per heavy atom. The van der Waals surface area contributed by atoms with E-state index in [2.05, 4.69) is 54.4 Å². The maximum Gasteiger partial charge on any atom is 0.0746 e. The summed E-state index contributed by atoms with van der Waals surface area (Å²) in [5.41, 5.74) is 0.783. The highest BCUT2D eigenvalue weighted by Gasteiger charge is 2.26. The summed E-state index contributed by atoms with van der Waals surface area (Å²) in [5, 5.41) is 13.9. The molecule has 1 aromatic rings. The summed E-state index contributed by atoms with van der Waals surface area (Å²) in [7, 11) is 0. The first-order valence-corrected chi connectivity index (χ1v) is 8.17. The molecule has 1 saturated heterocycles. The third kappa shape index (κ3) is 5.77. The minimum atomic E-state index is -0.596. The van der Waals surface area contributed by atoms with Gasteiger partial charge in [0.15, 0.2) is 0 Å². The molecule has 118 valence electrons. The highest BCUT2D eigenvalue weighted by molar-refractivity contribution is 5.14. The fourth-order valence-electron chi connectivity index (χ4n) is 3.30. The maximum atomic E-state index is 10.4. The summed E-state index contributed by atoms with van der Waals surface area (Å²) in [6, 6.07) is 11.2. The van der Waals surface area contributed by atoms with Crippen LogP contribution in [0.1, 0.15) is 39.2 Å². The van der Waals surface area contributed by atoms with Crippen LogP contribution in [-0.4, -0.2) is 41.3 Å². The number of hydrogen-bond acceptors (Lipinski definition) is 3. The molecule has 21 heavy (non-hydrogen) atoms. The molecule has 2 N–H and O–H groups in total. The lowest BCUT2D eigenvalue weighted by Gasteiger charge is -2.27. The van der Waals surface area contributed by atoms with Crippen LogP contribution in [0.2, 0.25) is 0 Å². The van der Waals surface area contributed by atoms with E-state index in [-0.39, 0.29) is 0 Å². The molecule has 3 heteroatoms. The summed E-state index contributed by atoms with van der Waals surface area (Å²) in [6.45, 7) is 10.2. The zero-order chi connectivity index (χ0) is 15.3. The lowest BCUT2D eigenvalue weighted by molar-refractivity contribution is 0.0361. The summed E-state index contributed by atoms with van der Waals surface area (Å²) in [6.07, 6.45) is 2.02. The van der Waals surface area contributed by atoms with Crippen molar-refractivity contribution < 1.29 is 5.11 Å². The summed E-state index contributed by atoms with van der Waals surface area (Å²) in [4.78, 5) is 2.49. The second kappa shape index (κ2) is 7.39. The molecule has 2 rings (SSSR count). The van der Waals surface area contributed by atoms with E-state index in [0.717, 1.165) is 26.1 Å². The second-order valence-electron chi connectivity index (χ2n) is 7.18. The Morgan fingerprint density at radius 3 is 2.71 bits per heavy atom. The van der Waals surface area contributed by atoms with E-state index in [1.807, 2.05) is 6.92 Å². The van der Waals surface area contributed by atoms with Crippen LogP contribution in [0.25, 0.3) is 0 Å². The number of nitrogens with one attached hydrogen (secondary N) is 1. The average Bonchev–Trinajstić information content (AvgIpc) is 2.84. The van der Waals surface area contributed by atoms with Crippen molar-refractivity contribution in [1.29, 1.82) is 0 Å². The molecule has 0 radical (unpaired) electrons. The fourth-order valence-corrected chi connectivity index (χ4v) is 3.30. The van der Waals surface area contributed by atoms with Gasteiger partial charge >= 0.3 is 0 Å². The topological polar surface area (TPSA) is 35.5 Å². The molecule has 2 atom stereocenters. The molecule has 1 fully saturated rings. The lowest BCUT2D eigenvalue weighted by Crippen LogP contribution is -2.44. The van der Waals surface area contributed by atoms with Gasteiger partial charge in [-0.3, -0.25) is 4.90 Å². The molecule has 0 spiro atoms. The van der Waals surface area contributed by atoms with E-state index in [0.29, 0.717) is 18.5 Å². The Bertz CT molecular complexity index is 416. The Morgan fingerprint density at radius 1 is 1.33 bits per heavy atom.